The van der Waals surface area contributed by atoms with Crippen LogP contribution in [-0.2, 0) is 6.54 Å². The maximum atomic E-state index is 13.1. The van der Waals surface area contributed by atoms with Gasteiger partial charge in [-0.05, 0) is 23.6 Å². The van der Waals surface area contributed by atoms with Crippen LogP contribution in [0, 0.1) is 11.3 Å². The number of hydrogen-bond acceptors (Lipinski definition) is 6. The number of benzene rings is 1. The third-order valence-electron chi connectivity index (χ3n) is 3.74. The summed E-state index contributed by atoms with van der Waals surface area (Å²) in [5.74, 6) is -0.291. The molecule has 0 N–H and O–H groups in total. The lowest BCUT2D eigenvalue weighted by Gasteiger charge is -2.00. The molecule has 0 amide bonds. The minimum atomic E-state index is -0.291. The van der Waals surface area contributed by atoms with E-state index in [2.05, 4.69) is 21.5 Å². The van der Waals surface area contributed by atoms with Crippen molar-refractivity contribution in [2.45, 2.75) is 13.0 Å². The number of nitriles is 1. The van der Waals surface area contributed by atoms with Crippen molar-refractivity contribution in [1.82, 2.24) is 24.8 Å². The van der Waals surface area contributed by atoms with Gasteiger partial charge in [0.15, 0.2) is 0 Å². The van der Waals surface area contributed by atoms with Crippen molar-refractivity contribution in [2.75, 3.05) is 0 Å². The zero-order chi connectivity index (χ0) is 17.2. The predicted octanol–water partition coefficient (Wildman–Crippen LogP) is 2.96. The first-order chi connectivity index (χ1) is 12.3. The maximum absolute atomic E-state index is 13.1. The van der Waals surface area contributed by atoms with Crippen LogP contribution in [0.3, 0.4) is 0 Å². The molecule has 1 aromatic carbocycles. The molecule has 0 unspecified atom stereocenters. The van der Waals surface area contributed by atoms with Crippen molar-refractivity contribution < 1.29 is 4.79 Å². The van der Waals surface area contributed by atoms with Crippen molar-refractivity contribution in [3.05, 3.63) is 53.5 Å². The summed E-state index contributed by atoms with van der Waals surface area (Å²) in [5.41, 5.74) is 2.34. The van der Waals surface area contributed by atoms with Crippen LogP contribution in [0.4, 0.5) is 0 Å². The molecule has 25 heavy (non-hydrogen) atoms. The van der Waals surface area contributed by atoms with Crippen LogP contribution in [0.25, 0.3) is 21.6 Å². The summed E-state index contributed by atoms with van der Waals surface area (Å²) in [5, 5.41) is 23.3. The lowest BCUT2D eigenvalue weighted by Crippen LogP contribution is -2.14. The van der Waals surface area contributed by atoms with E-state index in [1.807, 2.05) is 35.7 Å². The fraction of sp³-hybridized carbons (Fsp3) is 0.118. The Morgan fingerprint density at radius 2 is 2.12 bits per heavy atom. The van der Waals surface area contributed by atoms with Gasteiger partial charge < -0.3 is 0 Å². The van der Waals surface area contributed by atoms with Crippen LogP contribution < -0.4 is 0 Å². The van der Waals surface area contributed by atoms with Gasteiger partial charge in [-0.2, -0.15) is 15.0 Å². The standard InChI is InChI=1S/C17H12N6OS/c18-8-4-9-22-11-12(16(20-22)15-7-3-10-25-15)17(24)23-14-6-2-1-5-13(14)19-21-23/h1-3,5-7,10-11H,4,9H2. The monoisotopic (exact) mass is 348 g/mol. The Labute approximate surface area is 146 Å². The summed E-state index contributed by atoms with van der Waals surface area (Å²) < 4.78 is 2.92. The Morgan fingerprint density at radius 3 is 2.92 bits per heavy atom. The quantitative estimate of drug-likeness (QED) is 0.565. The number of aryl methyl sites for hydroxylation is 1. The van der Waals surface area contributed by atoms with E-state index in [4.69, 9.17) is 5.26 Å². The SMILES string of the molecule is N#CCCn1cc(C(=O)n2nnc3ccccc32)c(-c2cccs2)n1. The number of fused-ring (bicyclic) bond motifs is 1. The van der Waals surface area contributed by atoms with Crippen molar-refractivity contribution >= 4 is 28.3 Å². The Kier molecular flexibility index (Phi) is 3.84. The van der Waals surface area contributed by atoms with Gasteiger partial charge in [0, 0.05) is 6.20 Å². The summed E-state index contributed by atoms with van der Waals surface area (Å²) in [6, 6.07) is 13.2. The molecule has 4 rings (SSSR count). The van der Waals surface area contributed by atoms with Gasteiger partial charge in [0.1, 0.15) is 11.2 Å². The van der Waals surface area contributed by atoms with Crippen LogP contribution in [-0.4, -0.2) is 30.7 Å². The van der Waals surface area contributed by atoms with E-state index in [-0.39, 0.29) is 5.91 Å². The third-order valence-corrected chi connectivity index (χ3v) is 4.62. The number of aromatic nitrogens is 5. The number of carbonyl (C=O) groups excluding carboxylic acids is 1. The van der Waals surface area contributed by atoms with Crippen LogP contribution in [0.15, 0.2) is 48.0 Å². The van der Waals surface area contributed by atoms with Crippen molar-refractivity contribution in [2.24, 2.45) is 0 Å². The lowest BCUT2D eigenvalue weighted by atomic mass is 10.2. The van der Waals surface area contributed by atoms with Gasteiger partial charge in [-0.3, -0.25) is 9.48 Å². The van der Waals surface area contributed by atoms with Gasteiger partial charge in [-0.1, -0.05) is 23.4 Å². The smallest absolute Gasteiger partial charge is 0.270 e. The van der Waals surface area contributed by atoms with E-state index < -0.39 is 0 Å². The van der Waals surface area contributed by atoms with Gasteiger partial charge >= 0.3 is 0 Å². The molecule has 3 heterocycles. The number of rotatable bonds is 4. The molecule has 0 aliphatic rings. The topological polar surface area (TPSA) is 89.4 Å². The fourth-order valence-electron chi connectivity index (χ4n) is 2.59. The zero-order valence-electron chi connectivity index (χ0n) is 13.0. The number of nitrogens with zero attached hydrogens (tertiary/aromatic N) is 6. The average Bonchev–Trinajstić information content (AvgIpc) is 3.37. The molecule has 0 saturated carbocycles. The second kappa shape index (κ2) is 6.30. The minimum absolute atomic E-state index is 0.291. The van der Waals surface area contributed by atoms with E-state index in [1.165, 1.54) is 16.0 Å². The average molecular weight is 348 g/mol. The highest BCUT2D eigenvalue weighted by atomic mass is 32.1. The molecule has 3 aromatic heterocycles. The number of para-hydroxylation sites is 1. The highest BCUT2D eigenvalue weighted by Gasteiger charge is 2.22. The van der Waals surface area contributed by atoms with Gasteiger partial charge in [-0.15, -0.1) is 16.4 Å². The highest BCUT2D eigenvalue weighted by molar-refractivity contribution is 7.13. The molecule has 0 saturated heterocycles. The first-order valence-corrected chi connectivity index (χ1v) is 8.49. The number of carbonyl (C=O) groups is 1. The Balaban J connectivity index is 1.82. The minimum Gasteiger partial charge on any atom is -0.270 e. The van der Waals surface area contributed by atoms with Crippen molar-refractivity contribution in [3.8, 4) is 16.6 Å². The summed E-state index contributed by atoms with van der Waals surface area (Å²) in [4.78, 5) is 14.0. The molecule has 0 radical (unpaired) electrons. The van der Waals surface area contributed by atoms with Gasteiger partial charge in [0.2, 0.25) is 0 Å². The summed E-state index contributed by atoms with van der Waals surface area (Å²) in [6.07, 6.45) is 2.00. The van der Waals surface area contributed by atoms with Gasteiger partial charge in [0.25, 0.3) is 5.91 Å². The van der Waals surface area contributed by atoms with Crippen LogP contribution in [0.5, 0.6) is 0 Å². The Hall–Kier alpha value is -3.31. The van der Waals surface area contributed by atoms with E-state index in [1.54, 1.807) is 16.9 Å². The molecular weight excluding hydrogens is 336 g/mol. The number of hydrogen-bond donors (Lipinski definition) is 0. The van der Waals surface area contributed by atoms with E-state index >= 15 is 0 Å². The molecule has 0 bridgehead atoms. The maximum Gasteiger partial charge on any atom is 0.284 e. The van der Waals surface area contributed by atoms with Crippen molar-refractivity contribution in [1.29, 1.82) is 5.26 Å². The molecular formula is C17H12N6OS. The fourth-order valence-corrected chi connectivity index (χ4v) is 3.31. The summed E-state index contributed by atoms with van der Waals surface area (Å²) in [6.45, 7) is 0.431. The Morgan fingerprint density at radius 1 is 1.24 bits per heavy atom. The van der Waals surface area contributed by atoms with Gasteiger partial charge in [-0.25, -0.2) is 0 Å². The molecule has 0 spiro atoms. The van der Waals surface area contributed by atoms with Crippen LogP contribution in [0.1, 0.15) is 16.8 Å². The molecule has 7 nitrogen and oxygen atoms in total. The van der Waals surface area contributed by atoms with Crippen LogP contribution in [0.2, 0.25) is 0 Å². The zero-order valence-corrected chi connectivity index (χ0v) is 13.8. The molecule has 122 valence electrons. The second-order valence-electron chi connectivity index (χ2n) is 5.33. The molecule has 4 aromatic rings. The number of thiophene rings is 1. The molecule has 8 heteroatoms. The first-order valence-electron chi connectivity index (χ1n) is 7.61. The van der Waals surface area contributed by atoms with E-state index in [0.717, 1.165) is 4.88 Å². The normalized spacial score (nSPS) is 10.8. The molecule has 0 aliphatic carbocycles. The largest absolute Gasteiger partial charge is 0.284 e. The third kappa shape index (κ3) is 2.70. The summed E-state index contributed by atoms with van der Waals surface area (Å²) >= 11 is 1.51. The van der Waals surface area contributed by atoms with Crippen molar-refractivity contribution in [3.63, 3.8) is 0 Å². The molecule has 0 aliphatic heterocycles. The van der Waals surface area contributed by atoms with E-state index in [9.17, 15) is 4.79 Å². The highest BCUT2D eigenvalue weighted by Crippen LogP contribution is 2.27. The second-order valence-corrected chi connectivity index (χ2v) is 6.28. The molecule has 0 atom stereocenters. The lowest BCUT2D eigenvalue weighted by molar-refractivity contribution is 0.0948. The summed E-state index contributed by atoms with van der Waals surface area (Å²) in [7, 11) is 0. The first kappa shape index (κ1) is 15.2. The van der Waals surface area contributed by atoms with Crippen LogP contribution >= 0.6 is 11.3 Å². The van der Waals surface area contributed by atoms with E-state index in [0.29, 0.717) is 35.3 Å². The molecule has 0 fully saturated rings. The van der Waals surface area contributed by atoms with Gasteiger partial charge in [0.05, 0.1) is 35.0 Å². The predicted molar refractivity (Wildman–Crippen MR) is 93.0 cm³/mol. The Bertz CT molecular complexity index is 1090.